The molecule has 1 amide bonds. The first-order valence-electron chi connectivity index (χ1n) is 10.1. The van der Waals surface area contributed by atoms with Gasteiger partial charge in [-0.25, -0.2) is 0 Å². The van der Waals surface area contributed by atoms with E-state index in [1.165, 1.54) is 42.7 Å². The van der Waals surface area contributed by atoms with Gasteiger partial charge in [0.05, 0.1) is 10.4 Å². The monoisotopic (exact) mass is 422 g/mol. The number of thiophene rings is 1. The number of halogens is 3. The van der Waals surface area contributed by atoms with Gasteiger partial charge in [-0.15, -0.1) is 11.3 Å². The average molecular weight is 423 g/mol. The highest BCUT2D eigenvalue weighted by molar-refractivity contribution is 7.12. The van der Waals surface area contributed by atoms with Crippen LogP contribution in [0.15, 0.2) is 41.8 Å². The van der Waals surface area contributed by atoms with Crippen LogP contribution in [0.3, 0.4) is 0 Å². The van der Waals surface area contributed by atoms with Gasteiger partial charge < -0.3 is 9.80 Å². The molecule has 2 fully saturated rings. The summed E-state index contributed by atoms with van der Waals surface area (Å²) in [6, 6.07) is 9.31. The molecule has 0 N–H and O–H groups in total. The molecular weight excluding hydrogens is 397 g/mol. The number of rotatable bonds is 4. The number of alkyl halides is 3. The summed E-state index contributed by atoms with van der Waals surface area (Å²) in [7, 11) is 0. The molecule has 3 nitrogen and oxygen atoms in total. The third kappa shape index (κ3) is 4.67. The van der Waals surface area contributed by atoms with Crippen LogP contribution in [0.4, 0.5) is 13.2 Å². The second-order valence-electron chi connectivity index (χ2n) is 8.04. The van der Waals surface area contributed by atoms with Crippen LogP contribution in [-0.4, -0.2) is 48.4 Å². The van der Waals surface area contributed by atoms with Crippen LogP contribution in [0.5, 0.6) is 0 Å². The van der Waals surface area contributed by atoms with Gasteiger partial charge in [-0.2, -0.15) is 13.2 Å². The molecular formula is C22H25F3N2OS. The van der Waals surface area contributed by atoms with Gasteiger partial charge in [0.1, 0.15) is 0 Å². The van der Waals surface area contributed by atoms with Crippen molar-refractivity contribution in [1.29, 1.82) is 0 Å². The Labute approximate surface area is 173 Å². The Bertz CT molecular complexity index is 831. The molecule has 2 saturated heterocycles. The highest BCUT2D eigenvalue weighted by Crippen LogP contribution is 2.37. The average Bonchev–Trinajstić information content (AvgIpc) is 3.38. The van der Waals surface area contributed by atoms with Crippen LogP contribution in [0.1, 0.15) is 46.0 Å². The molecule has 2 aliphatic rings. The minimum absolute atomic E-state index is 0.0156. The molecule has 0 unspecified atom stereocenters. The van der Waals surface area contributed by atoms with Crippen molar-refractivity contribution in [3.63, 3.8) is 0 Å². The first-order valence-corrected chi connectivity index (χ1v) is 11.0. The smallest absolute Gasteiger partial charge is 0.337 e. The summed E-state index contributed by atoms with van der Waals surface area (Å²) in [5, 5.41) is 1.87. The Kier molecular flexibility index (Phi) is 5.97. The van der Waals surface area contributed by atoms with Crippen LogP contribution in [0.25, 0.3) is 0 Å². The molecule has 0 aliphatic carbocycles. The fraction of sp³-hybridized carbons (Fsp3) is 0.500. The third-order valence-corrected chi connectivity index (χ3v) is 6.90. The summed E-state index contributed by atoms with van der Waals surface area (Å²) in [4.78, 5) is 17.8. The van der Waals surface area contributed by atoms with Gasteiger partial charge in [0, 0.05) is 25.6 Å². The Morgan fingerprint density at radius 1 is 1.07 bits per heavy atom. The Hall–Kier alpha value is -1.86. The number of hydrogen-bond donors (Lipinski definition) is 0. The SMILES string of the molecule is O=C(c1cccs1)N1C[C@H](CN2CCCCC2)[C@H](c2cccc(C(F)(F)F)c2)C1. The van der Waals surface area contributed by atoms with Gasteiger partial charge in [0.2, 0.25) is 0 Å². The lowest BCUT2D eigenvalue weighted by atomic mass is 9.87. The number of amides is 1. The quantitative estimate of drug-likeness (QED) is 0.684. The lowest BCUT2D eigenvalue weighted by Crippen LogP contribution is -2.36. The molecule has 1 aromatic heterocycles. The Balaban J connectivity index is 1.58. The molecule has 0 radical (unpaired) electrons. The fourth-order valence-corrected chi connectivity index (χ4v) is 5.27. The van der Waals surface area contributed by atoms with Crippen molar-refractivity contribution < 1.29 is 18.0 Å². The molecule has 2 atom stereocenters. The zero-order chi connectivity index (χ0) is 20.4. The number of piperidine rings is 1. The van der Waals surface area contributed by atoms with Crippen LogP contribution in [-0.2, 0) is 6.18 Å². The van der Waals surface area contributed by atoms with Crippen molar-refractivity contribution in [3.8, 4) is 0 Å². The van der Waals surface area contributed by atoms with E-state index in [-0.39, 0.29) is 17.7 Å². The summed E-state index contributed by atoms with van der Waals surface area (Å²) in [6.45, 7) is 3.95. The summed E-state index contributed by atoms with van der Waals surface area (Å²) in [6.07, 6.45) is -0.789. The van der Waals surface area contributed by atoms with Gasteiger partial charge in [-0.05, 0) is 54.9 Å². The van der Waals surface area contributed by atoms with E-state index in [0.29, 0.717) is 23.5 Å². The Morgan fingerprint density at radius 3 is 2.55 bits per heavy atom. The topological polar surface area (TPSA) is 23.6 Å². The normalized spacial score (nSPS) is 23.5. The van der Waals surface area contributed by atoms with Crippen LogP contribution in [0, 0.1) is 5.92 Å². The zero-order valence-electron chi connectivity index (χ0n) is 16.2. The van der Waals surface area contributed by atoms with Crippen molar-refractivity contribution >= 4 is 17.2 Å². The minimum Gasteiger partial charge on any atom is -0.337 e. The first kappa shape index (κ1) is 20.4. The molecule has 1 aromatic carbocycles. The fourth-order valence-electron chi connectivity index (χ4n) is 4.58. The molecule has 7 heteroatoms. The maximum Gasteiger partial charge on any atom is 0.416 e. The molecule has 0 saturated carbocycles. The molecule has 0 spiro atoms. The molecule has 29 heavy (non-hydrogen) atoms. The number of hydrogen-bond acceptors (Lipinski definition) is 3. The second-order valence-corrected chi connectivity index (χ2v) is 8.99. The predicted molar refractivity (Wildman–Crippen MR) is 108 cm³/mol. The maximum absolute atomic E-state index is 13.2. The first-order chi connectivity index (χ1) is 13.9. The van der Waals surface area contributed by atoms with Crippen LogP contribution >= 0.6 is 11.3 Å². The van der Waals surface area contributed by atoms with Gasteiger partial charge in [-0.1, -0.05) is 30.7 Å². The van der Waals surface area contributed by atoms with Crippen molar-refractivity contribution in [2.75, 3.05) is 32.7 Å². The van der Waals surface area contributed by atoms with E-state index in [2.05, 4.69) is 4.90 Å². The van der Waals surface area contributed by atoms with Gasteiger partial charge in [0.15, 0.2) is 0 Å². The van der Waals surface area contributed by atoms with E-state index in [1.54, 1.807) is 6.07 Å². The molecule has 2 aromatic rings. The number of carbonyl (C=O) groups is 1. The van der Waals surface area contributed by atoms with Crippen molar-refractivity contribution in [2.45, 2.75) is 31.4 Å². The largest absolute Gasteiger partial charge is 0.416 e. The van der Waals surface area contributed by atoms with Crippen LogP contribution in [0.2, 0.25) is 0 Å². The minimum atomic E-state index is -4.36. The molecule has 3 heterocycles. The van der Waals surface area contributed by atoms with Crippen molar-refractivity contribution in [2.24, 2.45) is 5.92 Å². The van der Waals surface area contributed by atoms with E-state index >= 15 is 0 Å². The van der Waals surface area contributed by atoms with Crippen molar-refractivity contribution in [3.05, 3.63) is 57.8 Å². The van der Waals surface area contributed by atoms with E-state index in [0.717, 1.165) is 25.7 Å². The van der Waals surface area contributed by atoms with E-state index in [4.69, 9.17) is 0 Å². The molecule has 4 rings (SSSR count). The van der Waals surface area contributed by atoms with E-state index in [1.807, 2.05) is 22.4 Å². The Morgan fingerprint density at radius 2 is 1.86 bits per heavy atom. The lowest BCUT2D eigenvalue weighted by Gasteiger charge is -2.31. The number of benzene rings is 1. The summed E-state index contributed by atoms with van der Waals surface area (Å²) >= 11 is 1.41. The summed E-state index contributed by atoms with van der Waals surface area (Å²) < 4.78 is 39.7. The molecule has 156 valence electrons. The zero-order valence-corrected chi connectivity index (χ0v) is 17.0. The summed E-state index contributed by atoms with van der Waals surface area (Å²) in [5.74, 6) is 0.0433. The highest BCUT2D eigenvalue weighted by Gasteiger charge is 2.39. The second kappa shape index (κ2) is 8.48. The van der Waals surface area contributed by atoms with Gasteiger partial charge in [0.25, 0.3) is 5.91 Å². The van der Waals surface area contributed by atoms with Crippen LogP contribution < -0.4 is 0 Å². The molecule has 0 bridgehead atoms. The summed E-state index contributed by atoms with van der Waals surface area (Å²) in [5.41, 5.74) is 0.0677. The maximum atomic E-state index is 13.2. The van der Waals surface area contributed by atoms with Gasteiger partial charge in [-0.3, -0.25) is 4.79 Å². The number of likely N-dealkylation sites (tertiary alicyclic amines) is 2. The molecule has 2 aliphatic heterocycles. The third-order valence-electron chi connectivity index (χ3n) is 6.04. The number of carbonyl (C=O) groups excluding carboxylic acids is 1. The lowest BCUT2D eigenvalue weighted by molar-refractivity contribution is -0.137. The highest BCUT2D eigenvalue weighted by atomic mass is 32.1. The van der Waals surface area contributed by atoms with Gasteiger partial charge >= 0.3 is 6.18 Å². The van der Waals surface area contributed by atoms with E-state index in [9.17, 15) is 18.0 Å². The predicted octanol–water partition coefficient (Wildman–Crippen LogP) is 5.11. The van der Waals surface area contributed by atoms with Crippen molar-refractivity contribution in [1.82, 2.24) is 9.80 Å². The standard InChI is InChI=1S/C22H25F3N2OS/c23-22(24,25)18-7-4-6-16(12-18)19-15-27(21(28)20-8-5-11-29-20)14-17(19)13-26-9-2-1-3-10-26/h4-8,11-12,17,19H,1-3,9-10,13-15H2/t17-,19-/m0/s1. The number of nitrogens with zero attached hydrogens (tertiary/aromatic N) is 2. The van der Waals surface area contributed by atoms with E-state index < -0.39 is 11.7 Å².